The zero-order chi connectivity index (χ0) is 22.0. The highest BCUT2D eigenvalue weighted by Gasteiger charge is 2.35. The number of carbonyl (C=O) groups excluding carboxylic acids is 1. The van der Waals surface area contributed by atoms with Gasteiger partial charge < -0.3 is 4.42 Å². The maximum atomic E-state index is 13.0. The third-order valence-corrected chi connectivity index (χ3v) is 7.32. The Kier molecular flexibility index (Phi) is 4.43. The summed E-state index contributed by atoms with van der Waals surface area (Å²) < 4.78 is 34.6. The van der Waals surface area contributed by atoms with Crippen molar-refractivity contribution in [1.82, 2.24) is 0 Å². The predicted molar refractivity (Wildman–Crippen MR) is 122 cm³/mol. The van der Waals surface area contributed by atoms with Gasteiger partial charge in [0.1, 0.15) is 5.76 Å². The van der Waals surface area contributed by atoms with Gasteiger partial charge in [-0.1, -0.05) is 55.8 Å². The van der Waals surface area contributed by atoms with Crippen molar-refractivity contribution in [2.24, 2.45) is 5.41 Å². The Morgan fingerprint density at radius 2 is 1.74 bits per heavy atom. The van der Waals surface area contributed by atoms with Gasteiger partial charge in [-0.25, -0.2) is 8.42 Å². The second kappa shape index (κ2) is 6.84. The maximum Gasteiger partial charge on any atom is 0.261 e. The topological polar surface area (TPSA) is 76.4 Å². The van der Waals surface area contributed by atoms with Crippen LogP contribution >= 0.6 is 11.6 Å². The lowest BCUT2D eigenvalue weighted by Gasteiger charge is -2.27. The minimum absolute atomic E-state index is 0.0180. The summed E-state index contributed by atoms with van der Waals surface area (Å²) in [6.45, 7) is 4.04. The van der Waals surface area contributed by atoms with Crippen molar-refractivity contribution in [3.05, 3.63) is 70.9 Å². The number of Topliss-reactive ketones (excluding diaryl/α,β-unsaturated/α-hetero) is 1. The molecule has 0 spiro atoms. The fourth-order valence-electron chi connectivity index (χ4n) is 4.27. The van der Waals surface area contributed by atoms with Gasteiger partial charge in [0.05, 0.1) is 21.2 Å². The average molecular weight is 454 g/mol. The van der Waals surface area contributed by atoms with Crippen LogP contribution in [0.15, 0.2) is 63.9 Å². The summed E-state index contributed by atoms with van der Waals surface area (Å²) in [4.78, 5) is 12.9. The number of halogens is 1. The van der Waals surface area contributed by atoms with Gasteiger partial charge in [-0.15, -0.1) is 0 Å². The molecular weight excluding hydrogens is 434 g/mol. The SMILES string of the molecule is CC1(C)CC(=O)c2c(oc3c(Cl)cc(NS(=O)(=O)c4ccc5ccccc5c4)cc23)C1. The average Bonchev–Trinajstić information content (AvgIpc) is 3.05. The van der Waals surface area contributed by atoms with E-state index in [1.807, 2.05) is 38.1 Å². The molecule has 0 unspecified atom stereocenters. The molecule has 0 saturated heterocycles. The van der Waals surface area contributed by atoms with Crippen molar-refractivity contribution in [1.29, 1.82) is 0 Å². The Bertz CT molecular complexity index is 1480. The Morgan fingerprint density at radius 1 is 1.00 bits per heavy atom. The van der Waals surface area contributed by atoms with Gasteiger partial charge in [-0.2, -0.15) is 0 Å². The first kappa shape index (κ1) is 20.1. The second-order valence-corrected chi connectivity index (χ2v) is 10.9. The minimum Gasteiger partial charge on any atom is -0.459 e. The van der Waals surface area contributed by atoms with Gasteiger partial charge in [0.2, 0.25) is 0 Å². The third-order valence-electron chi connectivity index (χ3n) is 5.66. The lowest BCUT2D eigenvalue weighted by molar-refractivity contribution is 0.0906. The van der Waals surface area contributed by atoms with E-state index in [4.69, 9.17) is 16.0 Å². The molecule has 0 amide bonds. The summed E-state index contributed by atoms with van der Waals surface area (Å²) in [5.41, 5.74) is 1.01. The Morgan fingerprint density at radius 3 is 2.52 bits per heavy atom. The molecule has 0 radical (unpaired) electrons. The number of fused-ring (bicyclic) bond motifs is 4. The summed E-state index contributed by atoms with van der Waals surface area (Å²) >= 11 is 6.41. The monoisotopic (exact) mass is 453 g/mol. The predicted octanol–water partition coefficient (Wildman–Crippen LogP) is 6.20. The first-order chi connectivity index (χ1) is 14.6. The van der Waals surface area contributed by atoms with Crippen LogP contribution in [0.3, 0.4) is 0 Å². The van der Waals surface area contributed by atoms with Crippen LogP contribution in [0.2, 0.25) is 5.02 Å². The molecule has 1 aromatic heterocycles. The zero-order valence-electron chi connectivity index (χ0n) is 17.0. The van der Waals surface area contributed by atoms with Crippen molar-refractivity contribution >= 4 is 54.8 Å². The molecule has 5 nitrogen and oxygen atoms in total. The van der Waals surface area contributed by atoms with E-state index >= 15 is 0 Å². The number of hydrogen-bond donors (Lipinski definition) is 1. The minimum atomic E-state index is -3.85. The first-order valence-electron chi connectivity index (χ1n) is 9.93. The van der Waals surface area contributed by atoms with Gasteiger partial charge in [-0.05, 0) is 40.5 Å². The van der Waals surface area contributed by atoms with Crippen molar-refractivity contribution in [2.75, 3.05) is 4.72 Å². The quantitative estimate of drug-likeness (QED) is 0.401. The second-order valence-electron chi connectivity index (χ2n) is 8.79. The number of nitrogens with one attached hydrogen (secondary N) is 1. The van der Waals surface area contributed by atoms with Crippen molar-refractivity contribution < 1.29 is 17.6 Å². The van der Waals surface area contributed by atoms with E-state index in [9.17, 15) is 13.2 Å². The van der Waals surface area contributed by atoms with Crippen LogP contribution in [0.25, 0.3) is 21.7 Å². The molecule has 7 heteroatoms. The standard InChI is InChI=1S/C24H20ClNO4S/c1-24(2)12-20(27)22-18-10-16(11-19(25)23(18)30-21(22)13-24)26-31(28,29)17-8-7-14-5-3-4-6-15(14)9-17/h3-11,26H,12-13H2,1-2H3. The highest BCUT2D eigenvalue weighted by atomic mass is 35.5. The van der Waals surface area contributed by atoms with Crippen LogP contribution in [0, 0.1) is 5.41 Å². The molecule has 1 aliphatic carbocycles. The van der Waals surface area contributed by atoms with Crippen LogP contribution in [0.5, 0.6) is 0 Å². The molecule has 0 atom stereocenters. The number of sulfonamides is 1. The number of ketones is 1. The Balaban J connectivity index is 1.57. The molecule has 158 valence electrons. The van der Waals surface area contributed by atoms with Gasteiger partial charge in [-0.3, -0.25) is 9.52 Å². The van der Waals surface area contributed by atoms with Crippen LogP contribution in [0.1, 0.15) is 36.4 Å². The van der Waals surface area contributed by atoms with Crippen LogP contribution < -0.4 is 4.72 Å². The first-order valence-corrected chi connectivity index (χ1v) is 11.8. The van der Waals surface area contributed by atoms with Gasteiger partial charge in [0.25, 0.3) is 10.0 Å². The van der Waals surface area contributed by atoms with E-state index < -0.39 is 10.0 Å². The van der Waals surface area contributed by atoms with E-state index in [-0.39, 0.29) is 26.8 Å². The van der Waals surface area contributed by atoms with Crippen LogP contribution in [-0.2, 0) is 16.4 Å². The molecule has 3 aromatic carbocycles. The van der Waals surface area contributed by atoms with E-state index in [1.165, 1.54) is 6.07 Å². The lowest BCUT2D eigenvalue weighted by Crippen LogP contribution is -2.25. The highest BCUT2D eigenvalue weighted by molar-refractivity contribution is 7.92. The smallest absolute Gasteiger partial charge is 0.261 e. The Hall–Kier alpha value is -2.83. The van der Waals surface area contributed by atoms with Crippen molar-refractivity contribution in [2.45, 2.75) is 31.6 Å². The van der Waals surface area contributed by atoms with E-state index in [2.05, 4.69) is 4.72 Å². The molecule has 1 aliphatic rings. The van der Waals surface area contributed by atoms with Gasteiger partial charge >= 0.3 is 0 Å². The van der Waals surface area contributed by atoms with Gasteiger partial charge in [0, 0.05) is 18.2 Å². The molecule has 0 aliphatic heterocycles. The van der Waals surface area contributed by atoms with E-state index in [0.717, 1.165) is 10.8 Å². The lowest BCUT2D eigenvalue weighted by atomic mass is 9.76. The molecule has 0 fully saturated rings. The normalized spacial score (nSPS) is 15.9. The number of carbonyl (C=O) groups is 1. The summed E-state index contributed by atoms with van der Waals surface area (Å²) in [5, 5.41) is 2.58. The van der Waals surface area contributed by atoms with E-state index in [1.54, 1.807) is 24.3 Å². The maximum absolute atomic E-state index is 13.0. The zero-order valence-corrected chi connectivity index (χ0v) is 18.6. The number of rotatable bonds is 3. The molecule has 0 bridgehead atoms. The molecule has 0 saturated carbocycles. The fraction of sp³-hybridized carbons (Fsp3) is 0.208. The largest absolute Gasteiger partial charge is 0.459 e. The summed E-state index contributed by atoms with van der Waals surface area (Å²) in [6, 6.07) is 15.6. The number of benzene rings is 3. The third kappa shape index (κ3) is 3.50. The molecule has 31 heavy (non-hydrogen) atoms. The van der Waals surface area contributed by atoms with Crippen molar-refractivity contribution in [3.8, 4) is 0 Å². The molecular formula is C24H20ClNO4S. The summed E-state index contributed by atoms with van der Waals surface area (Å²) in [5.74, 6) is 0.586. The molecule has 1 heterocycles. The van der Waals surface area contributed by atoms with E-state index in [0.29, 0.717) is 35.1 Å². The van der Waals surface area contributed by atoms with Crippen LogP contribution in [0.4, 0.5) is 5.69 Å². The molecule has 5 rings (SSSR count). The van der Waals surface area contributed by atoms with Gasteiger partial charge in [0.15, 0.2) is 11.4 Å². The van der Waals surface area contributed by atoms with Crippen molar-refractivity contribution in [3.63, 3.8) is 0 Å². The Labute approximate surface area is 185 Å². The molecule has 1 N–H and O–H groups in total. The summed E-state index contributed by atoms with van der Waals surface area (Å²) in [7, 11) is -3.85. The highest BCUT2D eigenvalue weighted by Crippen LogP contribution is 2.42. The number of anilines is 1. The summed E-state index contributed by atoms with van der Waals surface area (Å²) in [6.07, 6.45) is 1.02. The number of furan rings is 1. The molecule has 4 aromatic rings. The number of hydrogen-bond acceptors (Lipinski definition) is 4. The van der Waals surface area contributed by atoms with Crippen LogP contribution in [-0.4, -0.2) is 14.2 Å². The fourth-order valence-corrected chi connectivity index (χ4v) is 5.60.